The number of alkyl halides is 6. The van der Waals surface area contributed by atoms with Crippen molar-refractivity contribution in [1.82, 2.24) is 0 Å². The van der Waals surface area contributed by atoms with Crippen LogP contribution < -0.4 is 5.32 Å². The van der Waals surface area contributed by atoms with Gasteiger partial charge in [-0.3, -0.25) is 4.79 Å². The molecule has 0 aliphatic carbocycles. The molecule has 0 atom stereocenters. The van der Waals surface area contributed by atoms with E-state index >= 15 is 0 Å². The predicted octanol–water partition coefficient (Wildman–Crippen LogP) is 7.54. The molecular formula is C19H9Cl2F6NO2. The predicted molar refractivity (Wildman–Crippen MR) is 98.6 cm³/mol. The Hall–Kier alpha value is -2.65. The number of benzene rings is 2. The number of amides is 1. The van der Waals surface area contributed by atoms with Crippen LogP contribution in [-0.2, 0) is 12.4 Å². The van der Waals surface area contributed by atoms with E-state index in [-0.39, 0.29) is 27.6 Å². The maximum atomic E-state index is 12.9. The quantitative estimate of drug-likeness (QED) is 0.404. The van der Waals surface area contributed by atoms with Gasteiger partial charge in [-0.25, -0.2) is 0 Å². The van der Waals surface area contributed by atoms with Crippen LogP contribution in [0, 0.1) is 0 Å². The normalized spacial score (nSPS) is 12.1. The van der Waals surface area contributed by atoms with E-state index < -0.39 is 35.1 Å². The van der Waals surface area contributed by atoms with Crippen LogP contribution in [0.3, 0.4) is 0 Å². The number of hydrogen-bond donors (Lipinski definition) is 1. The lowest BCUT2D eigenvalue weighted by Gasteiger charge is -2.14. The van der Waals surface area contributed by atoms with Crippen LogP contribution in [0.25, 0.3) is 11.3 Å². The fraction of sp³-hybridized carbons (Fsp3) is 0.105. The van der Waals surface area contributed by atoms with Crippen molar-refractivity contribution in [2.24, 2.45) is 0 Å². The van der Waals surface area contributed by atoms with Crippen molar-refractivity contribution < 1.29 is 35.6 Å². The molecule has 2 aromatic carbocycles. The maximum absolute atomic E-state index is 12.9. The first-order chi connectivity index (χ1) is 13.8. The van der Waals surface area contributed by atoms with Crippen LogP contribution in [-0.4, -0.2) is 5.91 Å². The van der Waals surface area contributed by atoms with Crippen LogP contribution in [0.1, 0.15) is 21.7 Å². The highest BCUT2D eigenvalue weighted by Crippen LogP contribution is 2.37. The molecule has 1 heterocycles. The summed E-state index contributed by atoms with van der Waals surface area (Å²) in [6, 6.07) is 7.87. The van der Waals surface area contributed by atoms with E-state index in [9.17, 15) is 31.1 Å². The smallest absolute Gasteiger partial charge is 0.416 e. The first-order valence-corrected chi connectivity index (χ1v) is 8.76. The molecule has 0 aliphatic heterocycles. The average Bonchev–Trinajstić information content (AvgIpc) is 3.12. The van der Waals surface area contributed by atoms with Crippen molar-refractivity contribution in [2.45, 2.75) is 12.4 Å². The van der Waals surface area contributed by atoms with Gasteiger partial charge in [0, 0.05) is 11.3 Å². The molecule has 11 heteroatoms. The highest BCUT2D eigenvalue weighted by atomic mass is 35.5. The first-order valence-electron chi connectivity index (χ1n) is 8.00. The largest absolute Gasteiger partial charge is 0.451 e. The Kier molecular flexibility index (Phi) is 5.79. The fourth-order valence-electron chi connectivity index (χ4n) is 2.48. The summed E-state index contributed by atoms with van der Waals surface area (Å²) in [5.41, 5.74) is -3.33. The zero-order valence-corrected chi connectivity index (χ0v) is 16.0. The van der Waals surface area contributed by atoms with Crippen molar-refractivity contribution in [3.8, 4) is 11.3 Å². The standard InChI is InChI=1S/C19H9Cl2F6NO2/c20-13-2-1-9(5-14(13)21)15-3-4-16(30-15)17(29)28-12-7-10(18(22,23)24)6-11(8-12)19(25,26)27/h1-8H,(H,28,29). The Morgan fingerprint density at radius 1 is 0.800 bits per heavy atom. The third kappa shape index (κ3) is 4.91. The minimum Gasteiger partial charge on any atom is -0.451 e. The molecule has 158 valence electrons. The molecule has 1 aromatic heterocycles. The maximum Gasteiger partial charge on any atom is 0.416 e. The lowest BCUT2D eigenvalue weighted by molar-refractivity contribution is -0.143. The second kappa shape index (κ2) is 7.88. The molecule has 3 rings (SSSR count). The van der Waals surface area contributed by atoms with E-state index in [0.29, 0.717) is 17.7 Å². The highest BCUT2D eigenvalue weighted by Gasteiger charge is 2.37. The van der Waals surface area contributed by atoms with Gasteiger partial charge in [-0.15, -0.1) is 0 Å². The number of halogens is 8. The summed E-state index contributed by atoms with van der Waals surface area (Å²) >= 11 is 11.7. The highest BCUT2D eigenvalue weighted by molar-refractivity contribution is 6.42. The van der Waals surface area contributed by atoms with Crippen molar-refractivity contribution in [3.05, 3.63) is 75.5 Å². The van der Waals surface area contributed by atoms with Gasteiger partial charge in [0.15, 0.2) is 5.76 Å². The van der Waals surface area contributed by atoms with Gasteiger partial charge >= 0.3 is 12.4 Å². The summed E-state index contributed by atoms with van der Waals surface area (Å²) in [6.45, 7) is 0. The Labute approximate surface area is 175 Å². The molecule has 0 bridgehead atoms. The zero-order chi connectivity index (χ0) is 22.3. The van der Waals surface area contributed by atoms with Gasteiger partial charge in [0.1, 0.15) is 5.76 Å². The van der Waals surface area contributed by atoms with E-state index in [2.05, 4.69) is 0 Å². The van der Waals surface area contributed by atoms with Gasteiger partial charge in [0.05, 0.1) is 21.2 Å². The van der Waals surface area contributed by atoms with E-state index in [1.807, 2.05) is 5.32 Å². The van der Waals surface area contributed by atoms with Gasteiger partial charge in [-0.2, -0.15) is 26.3 Å². The lowest BCUT2D eigenvalue weighted by Crippen LogP contribution is -2.15. The number of anilines is 1. The Bertz CT molecular complexity index is 1070. The van der Waals surface area contributed by atoms with Crippen molar-refractivity contribution >= 4 is 34.8 Å². The van der Waals surface area contributed by atoms with E-state index in [1.54, 1.807) is 6.07 Å². The summed E-state index contributed by atoms with van der Waals surface area (Å²) in [4.78, 5) is 12.3. The van der Waals surface area contributed by atoms with E-state index in [1.165, 1.54) is 24.3 Å². The number of carbonyl (C=O) groups is 1. The van der Waals surface area contributed by atoms with Crippen molar-refractivity contribution in [1.29, 1.82) is 0 Å². The summed E-state index contributed by atoms with van der Waals surface area (Å²) < 4.78 is 82.9. The lowest BCUT2D eigenvalue weighted by atomic mass is 10.1. The van der Waals surface area contributed by atoms with E-state index in [0.717, 1.165) is 0 Å². The molecule has 0 fully saturated rings. The van der Waals surface area contributed by atoms with Crippen LogP contribution >= 0.6 is 23.2 Å². The van der Waals surface area contributed by atoms with Gasteiger partial charge in [-0.1, -0.05) is 23.2 Å². The molecule has 0 unspecified atom stereocenters. The minimum absolute atomic E-state index is 0.0368. The van der Waals surface area contributed by atoms with Crippen LogP contribution in [0.2, 0.25) is 10.0 Å². The number of furan rings is 1. The molecular weight excluding hydrogens is 459 g/mol. The first kappa shape index (κ1) is 22.0. The molecule has 0 spiro atoms. The van der Waals surface area contributed by atoms with Gasteiger partial charge in [0.2, 0.25) is 0 Å². The fourth-order valence-corrected chi connectivity index (χ4v) is 2.78. The summed E-state index contributed by atoms with van der Waals surface area (Å²) in [6.07, 6.45) is -10.1. The molecule has 0 saturated heterocycles. The van der Waals surface area contributed by atoms with Gasteiger partial charge in [-0.05, 0) is 48.5 Å². The molecule has 0 aliphatic rings. The Balaban J connectivity index is 1.89. The van der Waals surface area contributed by atoms with Crippen LogP contribution in [0.4, 0.5) is 32.0 Å². The summed E-state index contributed by atoms with van der Waals surface area (Å²) in [5, 5.41) is 2.50. The molecule has 30 heavy (non-hydrogen) atoms. The SMILES string of the molecule is O=C(Nc1cc(C(F)(F)F)cc(C(F)(F)F)c1)c1ccc(-c2ccc(Cl)c(Cl)c2)o1. The molecule has 3 aromatic rings. The zero-order valence-electron chi connectivity index (χ0n) is 14.5. The number of carbonyl (C=O) groups excluding carboxylic acids is 1. The third-order valence-corrected chi connectivity index (χ3v) is 4.62. The number of hydrogen-bond acceptors (Lipinski definition) is 2. The van der Waals surface area contributed by atoms with Crippen LogP contribution in [0.15, 0.2) is 52.9 Å². The van der Waals surface area contributed by atoms with Crippen molar-refractivity contribution in [3.63, 3.8) is 0 Å². The molecule has 0 radical (unpaired) electrons. The average molecular weight is 468 g/mol. The second-order valence-corrected chi connectivity index (χ2v) is 6.86. The second-order valence-electron chi connectivity index (χ2n) is 6.04. The number of nitrogens with one attached hydrogen (secondary N) is 1. The van der Waals surface area contributed by atoms with Crippen LogP contribution in [0.5, 0.6) is 0 Å². The number of rotatable bonds is 3. The van der Waals surface area contributed by atoms with E-state index in [4.69, 9.17) is 27.6 Å². The van der Waals surface area contributed by atoms with Gasteiger partial charge < -0.3 is 9.73 Å². The minimum atomic E-state index is -5.04. The summed E-state index contributed by atoms with van der Waals surface area (Å²) in [5.74, 6) is -1.17. The molecule has 1 N–H and O–H groups in total. The Morgan fingerprint density at radius 3 is 1.93 bits per heavy atom. The molecule has 3 nitrogen and oxygen atoms in total. The molecule has 0 saturated carbocycles. The van der Waals surface area contributed by atoms with Crippen molar-refractivity contribution in [2.75, 3.05) is 5.32 Å². The molecule has 1 amide bonds. The monoisotopic (exact) mass is 467 g/mol. The Morgan fingerprint density at radius 2 is 1.40 bits per heavy atom. The van der Waals surface area contributed by atoms with Gasteiger partial charge in [0.25, 0.3) is 5.91 Å². The topological polar surface area (TPSA) is 42.2 Å². The summed E-state index contributed by atoms with van der Waals surface area (Å²) in [7, 11) is 0. The third-order valence-electron chi connectivity index (χ3n) is 3.88.